The van der Waals surface area contributed by atoms with Gasteiger partial charge in [0.05, 0.1) is 7.11 Å². The van der Waals surface area contributed by atoms with Crippen molar-refractivity contribution in [2.24, 2.45) is 0 Å². The summed E-state index contributed by atoms with van der Waals surface area (Å²) >= 11 is 0. The van der Waals surface area contributed by atoms with Crippen LogP contribution in [0, 0.1) is 6.92 Å². The van der Waals surface area contributed by atoms with Crippen molar-refractivity contribution in [2.45, 2.75) is 38.8 Å². The van der Waals surface area contributed by atoms with Crippen LogP contribution in [0.3, 0.4) is 0 Å². The third-order valence-corrected chi connectivity index (χ3v) is 5.23. The maximum absolute atomic E-state index is 12.9. The third kappa shape index (κ3) is 4.79. The minimum atomic E-state index is -0.899. The zero-order valence-corrected chi connectivity index (χ0v) is 18.1. The van der Waals surface area contributed by atoms with Crippen molar-refractivity contribution >= 4 is 5.97 Å². The summed E-state index contributed by atoms with van der Waals surface area (Å²) in [6.07, 6.45) is -1.44. The fourth-order valence-electron chi connectivity index (χ4n) is 3.61. The van der Waals surface area contributed by atoms with Gasteiger partial charge in [0, 0.05) is 0 Å². The number of ether oxygens (including phenoxy) is 4. The quantitative estimate of drug-likeness (QED) is 0.406. The third-order valence-electron chi connectivity index (χ3n) is 5.23. The Morgan fingerprint density at radius 1 is 0.806 bits per heavy atom. The van der Waals surface area contributed by atoms with Gasteiger partial charge in [0.2, 0.25) is 0 Å². The van der Waals surface area contributed by atoms with Crippen LogP contribution in [-0.2, 0) is 14.3 Å². The Hall–Kier alpha value is -3.15. The molecular weight excluding hydrogens is 392 g/mol. The molecular formula is C26H26O5. The van der Waals surface area contributed by atoms with E-state index in [9.17, 15) is 4.79 Å². The van der Waals surface area contributed by atoms with E-state index in [0.717, 1.165) is 22.4 Å². The van der Waals surface area contributed by atoms with Gasteiger partial charge in [-0.25, -0.2) is 4.79 Å². The zero-order chi connectivity index (χ0) is 22.0. The molecule has 1 aliphatic rings. The molecule has 0 spiro atoms. The molecule has 1 heterocycles. The molecule has 5 heteroatoms. The number of hydrogen-bond acceptors (Lipinski definition) is 5. The molecule has 31 heavy (non-hydrogen) atoms. The molecule has 1 fully saturated rings. The van der Waals surface area contributed by atoms with Gasteiger partial charge in [0.25, 0.3) is 0 Å². The smallest absolute Gasteiger partial charge is 0.343 e. The van der Waals surface area contributed by atoms with E-state index in [2.05, 4.69) is 31.2 Å². The normalized spacial score (nSPS) is 19.7. The first-order valence-corrected chi connectivity index (χ1v) is 10.2. The van der Waals surface area contributed by atoms with Gasteiger partial charge in [-0.15, -0.1) is 0 Å². The zero-order valence-electron chi connectivity index (χ0n) is 18.1. The summed E-state index contributed by atoms with van der Waals surface area (Å²) < 4.78 is 22.7. The van der Waals surface area contributed by atoms with E-state index in [-0.39, 0.29) is 0 Å². The first kappa shape index (κ1) is 21.1. The number of methoxy groups -OCH3 is 1. The van der Waals surface area contributed by atoms with Crippen molar-refractivity contribution in [3.05, 3.63) is 83.9 Å². The molecule has 0 N–H and O–H groups in total. The molecule has 0 bridgehead atoms. The molecule has 1 aliphatic heterocycles. The molecule has 0 aromatic heterocycles. The molecule has 0 saturated carbocycles. The van der Waals surface area contributed by atoms with Crippen LogP contribution in [-0.4, -0.2) is 25.0 Å². The molecule has 2 atom stereocenters. The summed E-state index contributed by atoms with van der Waals surface area (Å²) in [5.41, 5.74) is 4.19. The second-order valence-electron chi connectivity index (χ2n) is 8.06. The lowest BCUT2D eigenvalue weighted by atomic mass is 10.0. The maximum Gasteiger partial charge on any atom is 0.343 e. The molecule has 3 aromatic carbocycles. The highest BCUT2D eigenvalue weighted by Crippen LogP contribution is 2.39. The van der Waals surface area contributed by atoms with E-state index in [1.807, 2.05) is 36.4 Å². The fraction of sp³-hybridized carbons (Fsp3) is 0.269. The number of aryl methyl sites for hydroxylation is 1. The lowest BCUT2D eigenvalue weighted by Crippen LogP contribution is -2.31. The fourth-order valence-corrected chi connectivity index (χ4v) is 3.61. The molecule has 0 amide bonds. The van der Waals surface area contributed by atoms with Gasteiger partial charge < -0.3 is 18.9 Å². The summed E-state index contributed by atoms with van der Waals surface area (Å²) in [4.78, 5) is 12.9. The Bertz CT molecular complexity index is 1040. The minimum Gasteiger partial charge on any atom is -0.497 e. The first-order valence-electron chi connectivity index (χ1n) is 10.2. The molecule has 0 aliphatic carbocycles. The standard InChI is InChI=1S/C26H26O5/c1-17-5-7-18(8-6-17)19-9-15-22(16-10-19)29-25(27)24-23(30-26(2,3)31-24)20-11-13-21(28-4)14-12-20/h5-16,23-24H,1-4H3. The van der Waals surface area contributed by atoms with Crippen molar-refractivity contribution in [3.8, 4) is 22.6 Å². The van der Waals surface area contributed by atoms with Crippen LogP contribution >= 0.6 is 0 Å². The molecule has 0 radical (unpaired) electrons. The van der Waals surface area contributed by atoms with Crippen LogP contribution in [0.1, 0.15) is 31.1 Å². The van der Waals surface area contributed by atoms with Gasteiger partial charge in [-0.2, -0.15) is 0 Å². The number of benzene rings is 3. The summed E-state index contributed by atoms with van der Waals surface area (Å²) in [5, 5.41) is 0. The average Bonchev–Trinajstić information content (AvgIpc) is 3.10. The lowest BCUT2D eigenvalue weighted by molar-refractivity contribution is -0.164. The van der Waals surface area contributed by atoms with Crippen LogP contribution < -0.4 is 9.47 Å². The van der Waals surface area contributed by atoms with Crippen molar-refractivity contribution in [2.75, 3.05) is 7.11 Å². The van der Waals surface area contributed by atoms with Crippen molar-refractivity contribution in [1.29, 1.82) is 0 Å². The maximum atomic E-state index is 12.9. The number of esters is 1. The van der Waals surface area contributed by atoms with Gasteiger partial charge in [-0.05, 0) is 61.7 Å². The van der Waals surface area contributed by atoms with Gasteiger partial charge >= 0.3 is 5.97 Å². The van der Waals surface area contributed by atoms with Crippen molar-refractivity contribution in [1.82, 2.24) is 0 Å². The van der Waals surface area contributed by atoms with Crippen LogP contribution in [0.5, 0.6) is 11.5 Å². The van der Waals surface area contributed by atoms with E-state index in [0.29, 0.717) is 5.75 Å². The number of carbonyl (C=O) groups is 1. The minimum absolute atomic E-state index is 0.461. The highest BCUT2D eigenvalue weighted by molar-refractivity contribution is 5.79. The number of rotatable bonds is 5. The largest absolute Gasteiger partial charge is 0.497 e. The van der Waals surface area contributed by atoms with E-state index < -0.39 is 24.0 Å². The summed E-state index contributed by atoms with van der Waals surface area (Å²) in [5.74, 6) is -0.198. The predicted octanol–water partition coefficient (Wildman–Crippen LogP) is 5.47. The Morgan fingerprint density at radius 2 is 1.35 bits per heavy atom. The average molecular weight is 418 g/mol. The number of hydrogen-bond donors (Lipinski definition) is 0. The molecule has 2 unspecified atom stereocenters. The second-order valence-corrected chi connectivity index (χ2v) is 8.06. The van der Waals surface area contributed by atoms with Crippen LogP contribution in [0.4, 0.5) is 0 Å². The van der Waals surface area contributed by atoms with Gasteiger partial charge in [0.1, 0.15) is 17.6 Å². The van der Waals surface area contributed by atoms with E-state index in [1.165, 1.54) is 5.56 Å². The summed E-state index contributed by atoms with van der Waals surface area (Å²) in [7, 11) is 1.61. The molecule has 1 saturated heterocycles. The molecule has 5 nitrogen and oxygen atoms in total. The lowest BCUT2D eigenvalue weighted by Gasteiger charge is -2.17. The first-order chi connectivity index (χ1) is 14.8. The van der Waals surface area contributed by atoms with E-state index in [4.69, 9.17) is 18.9 Å². The Labute approximate surface area is 182 Å². The summed E-state index contributed by atoms with van der Waals surface area (Å²) in [6.45, 7) is 5.63. The van der Waals surface area contributed by atoms with E-state index in [1.54, 1.807) is 33.1 Å². The molecule has 160 valence electrons. The van der Waals surface area contributed by atoms with Gasteiger partial charge in [-0.1, -0.05) is 54.1 Å². The Morgan fingerprint density at radius 3 is 1.94 bits per heavy atom. The second kappa shape index (κ2) is 8.53. The monoisotopic (exact) mass is 418 g/mol. The van der Waals surface area contributed by atoms with Crippen LogP contribution in [0.2, 0.25) is 0 Å². The van der Waals surface area contributed by atoms with Crippen LogP contribution in [0.25, 0.3) is 11.1 Å². The summed E-state index contributed by atoms with van der Waals surface area (Å²) in [6, 6.07) is 23.1. The highest BCUT2D eigenvalue weighted by Gasteiger charge is 2.47. The van der Waals surface area contributed by atoms with Crippen LogP contribution in [0.15, 0.2) is 72.8 Å². The predicted molar refractivity (Wildman–Crippen MR) is 118 cm³/mol. The molecule has 4 rings (SSSR count). The Kier molecular flexibility index (Phi) is 5.81. The topological polar surface area (TPSA) is 54.0 Å². The SMILES string of the molecule is COc1ccc(C2OC(C)(C)OC2C(=O)Oc2ccc(-c3ccc(C)cc3)cc2)cc1. The van der Waals surface area contributed by atoms with Gasteiger partial charge in [-0.3, -0.25) is 0 Å². The van der Waals surface area contributed by atoms with E-state index >= 15 is 0 Å². The Balaban J connectivity index is 1.49. The van der Waals surface area contributed by atoms with Crippen molar-refractivity contribution in [3.63, 3.8) is 0 Å². The van der Waals surface area contributed by atoms with Crippen molar-refractivity contribution < 1.29 is 23.7 Å². The highest BCUT2D eigenvalue weighted by atomic mass is 16.8. The number of carbonyl (C=O) groups excluding carboxylic acids is 1. The molecule has 3 aromatic rings. The van der Waals surface area contributed by atoms with Gasteiger partial charge in [0.15, 0.2) is 11.9 Å².